The lowest BCUT2D eigenvalue weighted by molar-refractivity contribution is -0.143. The summed E-state index contributed by atoms with van der Waals surface area (Å²) in [6.07, 6.45) is 4.98. The van der Waals surface area contributed by atoms with Gasteiger partial charge in [0.2, 0.25) is 17.7 Å². The molecule has 3 heterocycles. The molecule has 0 atom stereocenters. The van der Waals surface area contributed by atoms with E-state index in [-0.39, 0.29) is 17.9 Å². The molecule has 1 saturated heterocycles. The molecule has 0 radical (unpaired) electrons. The molecule has 0 unspecified atom stereocenters. The van der Waals surface area contributed by atoms with Gasteiger partial charge in [-0.1, -0.05) is 6.08 Å². The number of carbonyl (C=O) groups excluding carboxylic acids is 1. The molecule has 0 saturated carbocycles. The minimum Gasteiger partial charge on any atom is -0.420 e. The minimum atomic E-state index is -0.318. The molecule has 3 rings (SSSR count). The fourth-order valence-corrected chi connectivity index (χ4v) is 2.50. The van der Waals surface area contributed by atoms with Gasteiger partial charge in [0.1, 0.15) is 6.61 Å². The van der Waals surface area contributed by atoms with E-state index in [0.29, 0.717) is 31.5 Å². The van der Waals surface area contributed by atoms with Gasteiger partial charge in [0, 0.05) is 25.5 Å². The van der Waals surface area contributed by atoms with Crippen LogP contribution in [0.5, 0.6) is 0 Å². The summed E-state index contributed by atoms with van der Waals surface area (Å²) in [6, 6.07) is 3.67. The summed E-state index contributed by atoms with van der Waals surface area (Å²) in [7, 11) is 0. The van der Waals surface area contributed by atoms with E-state index in [1.807, 2.05) is 19.1 Å². The van der Waals surface area contributed by atoms with Crippen molar-refractivity contribution >= 4 is 5.91 Å². The molecule has 1 aliphatic heterocycles. The van der Waals surface area contributed by atoms with E-state index >= 15 is 0 Å². The monoisotopic (exact) mass is 314 g/mol. The number of pyridine rings is 1. The van der Waals surface area contributed by atoms with E-state index < -0.39 is 0 Å². The molecule has 2 aromatic heterocycles. The zero-order chi connectivity index (χ0) is 16.3. The van der Waals surface area contributed by atoms with Gasteiger partial charge in [-0.05, 0) is 19.1 Å². The third kappa shape index (κ3) is 3.14. The lowest BCUT2D eigenvalue weighted by Crippen LogP contribution is -2.60. The van der Waals surface area contributed by atoms with Crippen LogP contribution in [0, 0.1) is 0 Å². The van der Waals surface area contributed by atoms with Gasteiger partial charge in [-0.15, -0.1) is 16.8 Å². The molecule has 23 heavy (non-hydrogen) atoms. The third-order valence-corrected chi connectivity index (χ3v) is 3.74. The van der Waals surface area contributed by atoms with Crippen LogP contribution < -0.4 is 0 Å². The second-order valence-corrected chi connectivity index (χ2v) is 5.77. The van der Waals surface area contributed by atoms with Crippen LogP contribution in [0.1, 0.15) is 12.8 Å². The fourth-order valence-electron chi connectivity index (χ4n) is 2.50. The maximum Gasteiger partial charge on any atom is 0.249 e. The van der Waals surface area contributed by atoms with Crippen LogP contribution >= 0.6 is 0 Å². The Morgan fingerprint density at radius 3 is 3.04 bits per heavy atom. The van der Waals surface area contributed by atoms with Gasteiger partial charge in [-0.25, -0.2) is 0 Å². The number of rotatable bonds is 6. The van der Waals surface area contributed by atoms with E-state index in [1.54, 1.807) is 23.4 Å². The number of aromatic nitrogens is 3. The molecular formula is C16H18N4O3. The summed E-state index contributed by atoms with van der Waals surface area (Å²) >= 11 is 0. The van der Waals surface area contributed by atoms with Gasteiger partial charge in [0.25, 0.3) is 0 Å². The van der Waals surface area contributed by atoms with Gasteiger partial charge in [-0.2, -0.15) is 0 Å². The lowest BCUT2D eigenvalue weighted by atomic mass is 9.82. The average Bonchev–Trinajstić information content (AvgIpc) is 3.03. The van der Waals surface area contributed by atoms with E-state index in [9.17, 15) is 4.79 Å². The summed E-state index contributed by atoms with van der Waals surface area (Å²) in [5, 5.41) is 8.20. The molecule has 1 amide bonds. The van der Waals surface area contributed by atoms with Crippen LogP contribution in [-0.2, 0) is 14.9 Å². The van der Waals surface area contributed by atoms with Gasteiger partial charge in [0.15, 0.2) is 0 Å². The highest BCUT2D eigenvalue weighted by Gasteiger charge is 2.46. The van der Waals surface area contributed by atoms with Crippen molar-refractivity contribution in [2.45, 2.75) is 12.3 Å². The predicted molar refractivity (Wildman–Crippen MR) is 82.5 cm³/mol. The van der Waals surface area contributed by atoms with Crippen molar-refractivity contribution in [3.63, 3.8) is 0 Å². The Morgan fingerprint density at radius 2 is 2.35 bits per heavy atom. The Labute approximate surface area is 134 Å². The van der Waals surface area contributed by atoms with Gasteiger partial charge in [0.05, 0.1) is 17.6 Å². The molecule has 0 spiro atoms. The highest BCUT2D eigenvalue weighted by molar-refractivity contribution is 5.78. The van der Waals surface area contributed by atoms with Crippen molar-refractivity contribution in [2.24, 2.45) is 0 Å². The maximum atomic E-state index is 11.9. The first-order chi connectivity index (χ1) is 11.1. The highest BCUT2D eigenvalue weighted by Crippen LogP contribution is 2.34. The second kappa shape index (κ2) is 6.29. The number of ether oxygens (including phenoxy) is 1. The first-order valence-electron chi connectivity index (χ1n) is 7.33. The Bertz CT molecular complexity index is 692. The Morgan fingerprint density at radius 1 is 1.52 bits per heavy atom. The topological polar surface area (TPSA) is 81.4 Å². The van der Waals surface area contributed by atoms with Crippen LogP contribution in [-0.4, -0.2) is 52.3 Å². The Hall–Kier alpha value is -2.54. The zero-order valence-electron chi connectivity index (χ0n) is 12.9. The number of hydrogen-bond donors (Lipinski definition) is 0. The predicted octanol–water partition coefficient (Wildman–Crippen LogP) is 1.43. The second-order valence-electron chi connectivity index (χ2n) is 5.77. The van der Waals surface area contributed by atoms with Crippen molar-refractivity contribution in [3.8, 4) is 11.5 Å². The maximum absolute atomic E-state index is 11.9. The molecule has 0 aromatic carbocycles. The molecule has 0 bridgehead atoms. The SMILES string of the molecule is C=CCOCC(=O)N1CC(C)(c2nnc(-c3cccnc3)o2)C1. The van der Waals surface area contributed by atoms with Crippen molar-refractivity contribution in [1.82, 2.24) is 20.1 Å². The van der Waals surface area contributed by atoms with Gasteiger partial charge < -0.3 is 14.1 Å². The smallest absolute Gasteiger partial charge is 0.249 e. The van der Waals surface area contributed by atoms with Crippen molar-refractivity contribution in [3.05, 3.63) is 43.1 Å². The van der Waals surface area contributed by atoms with Crippen molar-refractivity contribution in [2.75, 3.05) is 26.3 Å². The van der Waals surface area contributed by atoms with E-state index in [1.165, 1.54) is 0 Å². The first-order valence-corrected chi connectivity index (χ1v) is 7.33. The zero-order valence-corrected chi connectivity index (χ0v) is 12.9. The summed E-state index contributed by atoms with van der Waals surface area (Å²) in [4.78, 5) is 17.7. The summed E-state index contributed by atoms with van der Waals surface area (Å²) < 4.78 is 10.9. The van der Waals surface area contributed by atoms with E-state index in [4.69, 9.17) is 9.15 Å². The number of amides is 1. The van der Waals surface area contributed by atoms with Gasteiger partial charge in [-0.3, -0.25) is 9.78 Å². The largest absolute Gasteiger partial charge is 0.420 e. The number of likely N-dealkylation sites (tertiary alicyclic amines) is 1. The molecule has 0 aliphatic carbocycles. The molecular weight excluding hydrogens is 296 g/mol. The Balaban J connectivity index is 1.62. The molecule has 1 aliphatic rings. The molecule has 120 valence electrons. The first kappa shape index (κ1) is 15.4. The minimum absolute atomic E-state index is 0.0451. The third-order valence-electron chi connectivity index (χ3n) is 3.74. The molecule has 1 fully saturated rings. The van der Waals surface area contributed by atoms with Crippen LogP contribution in [0.2, 0.25) is 0 Å². The molecule has 7 nitrogen and oxygen atoms in total. The van der Waals surface area contributed by atoms with Crippen LogP contribution in [0.15, 0.2) is 41.6 Å². The molecule has 2 aromatic rings. The number of nitrogens with zero attached hydrogens (tertiary/aromatic N) is 4. The summed E-state index contributed by atoms with van der Waals surface area (Å²) in [6.45, 7) is 7.06. The van der Waals surface area contributed by atoms with Crippen molar-refractivity contribution in [1.29, 1.82) is 0 Å². The lowest BCUT2D eigenvalue weighted by Gasteiger charge is -2.45. The van der Waals surface area contributed by atoms with Gasteiger partial charge >= 0.3 is 0 Å². The average molecular weight is 314 g/mol. The molecule has 7 heteroatoms. The fraction of sp³-hybridized carbons (Fsp3) is 0.375. The normalized spacial score (nSPS) is 16.0. The van der Waals surface area contributed by atoms with E-state index in [2.05, 4.69) is 21.8 Å². The molecule has 0 N–H and O–H groups in total. The highest BCUT2D eigenvalue weighted by atomic mass is 16.5. The van der Waals surface area contributed by atoms with Crippen molar-refractivity contribution < 1.29 is 13.9 Å². The standard InChI is InChI=1S/C16H18N4O3/c1-3-7-22-9-13(21)20-10-16(2,11-20)15-19-18-14(23-15)12-5-4-6-17-8-12/h3-6,8H,1,7,9-11H2,2H3. The van der Waals surface area contributed by atoms with E-state index in [0.717, 1.165) is 5.56 Å². The summed E-state index contributed by atoms with van der Waals surface area (Å²) in [5.41, 5.74) is 0.460. The number of hydrogen-bond acceptors (Lipinski definition) is 6. The summed E-state index contributed by atoms with van der Waals surface area (Å²) in [5.74, 6) is 0.928. The number of carbonyl (C=O) groups is 1. The van der Waals surface area contributed by atoms with Crippen LogP contribution in [0.25, 0.3) is 11.5 Å². The quantitative estimate of drug-likeness (QED) is 0.593. The Kier molecular flexibility index (Phi) is 4.20. The van der Waals surface area contributed by atoms with Crippen LogP contribution in [0.3, 0.4) is 0 Å². The van der Waals surface area contributed by atoms with Crippen LogP contribution in [0.4, 0.5) is 0 Å².